The summed E-state index contributed by atoms with van der Waals surface area (Å²) in [7, 11) is 0. The number of nitrogens with zero attached hydrogens (tertiary/aromatic N) is 8. The molecular weight excluding hydrogens is 793 g/mol. The zero-order valence-corrected chi connectivity index (χ0v) is 34.4. The molecule has 1 aliphatic heterocycles. The normalized spacial score (nSPS) is 14.3. The molecule has 1 saturated heterocycles. The molecule has 7 rings (SSSR count). The van der Waals surface area contributed by atoms with Gasteiger partial charge in [0.25, 0.3) is 11.5 Å². The van der Waals surface area contributed by atoms with E-state index in [9.17, 15) is 34.1 Å². The average Bonchev–Trinajstić information content (AvgIpc) is 3.88. The molecule has 20 heteroatoms. The number of nitrogens with one attached hydrogen (secondary N) is 4. The van der Waals surface area contributed by atoms with Crippen molar-refractivity contribution in [3.05, 3.63) is 85.6 Å². The van der Waals surface area contributed by atoms with E-state index >= 15 is 0 Å². The Labute approximate surface area is 347 Å². The lowest BCUT2D eigenvalue weighted by Crippen LogP contribution is -2.49. The van der Waals surface area contributed by atoms with Crippen LogP contribution >= 0.6 is 11.3 Å². The zero-order valence-electron chi connectivity index (χ0n) is 33.5. The number of rotatable bonds is 13. The molecule has 60 heavy (non-hydrogen) atoms. The molecule has 2 fully saturated rings. The number of hydrogen-bond donors (Lipinski definition) is 4. The van der Waals surface area contributed by atoms with Crippen molar-refractivity contribution < 1.29 is 24.1 Å². The van der Waals surface area contributed by atoms with Crippen molar-refractivity contribution in [2.75, 3.05) is 58.9 Å². The molecular formula is C40H44N12O7S. The molecule has 0 unspecified atom stereocenters. The van der Waals surface area contributed by atoms with E-state index < -0.39 is 16.7 Å². The number of fused-ring (bicyclic) bond motifs is 1. The van der Waals surface area contributed by atoms with E-state index in [2.05, 4.69) is 41.1 Å². The second-order valence-electron chi connectivity index (χ2n) is 14.7. The molecule has 1 saturated carbocycles. The number of aryl methyl sites for hydroxylation is 2. The predicted molar refractivity (Wildman–Crippen MR) is 228 cm³/mol. The first kappa shape index (κ1) is 41.3. The van der Waals surface area contributed by atoms with E-state index in [1.54, 1.807) is 36.0 Å². The van der Waals surface area contributed by atoms with Gasteiger partial charge in [-0.3, -0.25) is 44.0 Å². The number of piperazine rings is 1. The maximum Gasteiger partial charge on any atom is 0.348 e. The summed E-state index contributed by atoms with van der Waals surface area (Å²) in [6.07, 6.45) is 7.34. The van der Waals surface area contributed by atoms with Crippen molar-refractivity contribution >= 4 is 84.8 Å². The average molecular weight is 837 g/mol. The van der Waals surface area contributed by atoms with E-state index in [4.69, 9.17) is 4.98 Å². The first-order chi connectivity index (χ1) is 28.8. The van der Waals surface area contributed by atoms with Gasteiger partial charge in [-0.1, -0.05) is 12.8 Å². The Kier molecular flexibility index (Phi) is 12.1. The van der Waals surface area contributed by atoms with Gasteiger partial charge in [-0.05, 0) is 80.8 Å². The quantitative estimate of drug-likeness (QED) is 0.0643. The van der Waals surface area contributed by atoms with Crippen LogP contribution in [0.25, 0.3) is 11.0 Å². The van der Waals surface area contributed by atoms with Gasteiger partial charge in [-0.15, -0.1) is 0 Å². The van der Waals surface area contributed by atoms with Crippen LogP contribution in [-0.2, 0) is 9.59 Å². The van der Waals surface area contributed by atoms with Crippen molar-refractivity contribution in [2.45, 2.75) is 65.8 Å². The van der Waals surface area contributed by atoms with Crippen LogP contribution in [0.15, 0.2) is 47.5 Å². The number of aromatic nitrogens is 5. The van der Waals surface area contributed by atoms with Crippen LogP contribution in [0.2, 0.25) is 0 Å². The van der Waals surface area contributed by atoms with Gasteiger partial charge in [-0.2, -0.15) is 4.98 Å². The summed E-state index contributed by atoms with van der Waals surface area (Å²) in [5.74, 6) is -0.481. The van der Waals surface area contributed by atoms with Crippen LogP contribution in [0.5, 0.6) is 0 Å². The SMILES string of the molecule is CC(=O)Nc1cc(NCCC(=O)N2CCN(c3ccc(Nc4ncc5c(C)c(C(C)=O)c(=O)n(C6CCCC6)c5n4)nc3)CC2)ccc1C(=O)Nc1nc(C)c([N+](=O)[O-])s1. The lowest BCUT2D eigenvalue weighted by atomic mass is 10.0. The Morgan fingerprint density at radius 2 is 1.70 bits per heavy atom. The Balaban J connectivity index is 0.921. The molecule has 0 bridgehead atoms. The first-order valence-corrected chi connectivity index (χ1v) is 20.4. The van der Waals surface area contributed by atoms with Gasteiger partial charge in [0, 0.05) is 69.4 Å². The smallest absolute Gasteiger partial charge is 0.348 e. The number of thiazole rings is 1. The number of pyridine rings is 2. The summed E-state index contributed by atoms with van der Waals surface area (Å²) >= 11 is 0.740. The van der Waals surface area contributed by atoms with Crippen molar-refractivity contribution in [1.82, 2.24) is 29.4 Å². The monoisotopic (exact) mass is 836 g/mol. The third-order valence-electron chi connectivity index (χ3n) is 10.6. The topological polar surface area (TPSA) is 240 Å². The van der Waals surface area contributed by atoms with Gasteiger partial charge in [-0.25, -0.2) is 15.0 Å². The Hall–Kier alpha value is -6.83. The fourth-order valence-electron chi connectivity index (χ4n) is 7.68. The Bertz CT molecular complexity index is 2560. The molecule has 2 aliphatic rings. The number of Topliss-reactive ketones (excluding diaryl/α,β-unsaturated/α-hetero) is 1. The Morgan fingerprint density at radius 3 is 2.35 bits per heavy atom. The van der Waals surface area contributed by atoms with Crippen molar-refractivity contribution in [1.29, 1.82) is 0 Å². The summed E-state index contributed by atoms with van der Waals surface area (Å²) in [4.78, 5) is 96.6. The van der Waals surface area contributed by atoms with Gasteiger partial charge in [0.15, 0.2) is 10.9 Å². The highest BCUT2D eigenvalue weighted by atomic mass is 32.1. The van der Waals surface area contributed by atoms with Crippen LogP contribution in [-0.4, -0.2) is 90.6 Å². The Morgan fingerprint density at radius 1 is 0.950 bits per heavy atom. The molecule has 4 aromatic heterocycles. The second-order valence-corrected chi connectivity index (χ2v) is 15.7. The van der Waals surface area contributed by atoms with Crippen molar-refractivity contribution in [3.8, 4) is 0 Å². The van der Waals surface area contributed by atoms with Crippen molar-refractivity contribution in [2.24, 2.45) is 0 Å². The highest BCUT2D eigenvalue weighted by Crippen LogP contribution is 2.33. The third kappa shape index (κ3) is 8.92. The van der Waals surface area contributed by atoms with Gasteiger partial charge in [0.2, 0.25) is 17.8 Å². The number of hydrogen-bond acceptors (Lipinski definition) is 15. The van der Waals surface area contributed by atoms with Crippen LogP contribution in [0.1, 0.15) is 84.0 Å². The van der Waals surface area contributed by atoms with E-state index in [1.165, 1.54) is 26.8 Å². The minimum Gasteiger partial charge on any atom is -0.384 e. The number of anilines is 6. The fourth-order valence-corrected chi connectivity index (χ4v) is 8.45. The molecule has 0 spiro atoms. The van der Waals surface area contributed by atoms with Gasteiger partial charge >= 0.3 is 5.00 Å². The predicted octanol–water partition coefficient (Wildman–Crippen LogP) is 5.59. The maximum absolute atomic E-state index is 13.6. The molecule has 0 atom stereocenters. The van der Waals surface area contributed by atoms with E-state index in [1.807, 2.05) is 17.0 Å². The van der Waals surface area contributed by atoms with Gasteiger partial charge in [0.1, 0.15) is 17.2 Å². The number of nitro groups is 1. The summed E-state index contributed by atoms with van der Waals surface area (Å²) in [5, 5.41) is 23.3. The molecule has 312 valence electrons. The minimum absolute atomic E-state index is 0.0211. The van der Waals surface area contributed by atoms with Crippen LogP contribution < -0.4 is 31.7 Å². The largest absolute Gasteiger partial charge is 0.384 e. The van der Waals surface area contributed by atoms with Gasteiger partial charge in [0.05, 0.1) is 33.6 Å². The number of amides is 3. The molecule has 0 radical (unpaired) electrons. The molecule has 5 aromatic rings. The number of carbonyl (C=O) groups excluding carboxylic acids is 4. The van der Waals surface area contributed by atoms with Crippen molar-refractivity contribution in [3.63, 3.8) is 0 Å². The summed E-state index contributed by atoms with van der Waals surface area (Å²) in [6.45, 7) is 8.54. The lowest BCUT2D eigenvalue weighted by molar-refractivity contribution is -0.380. The van der Waals surface area contributed by atoms with E-state index in [0.717, 1.165) is 42.7 Å². The lowest BCUT2D eigenvalue weighted by Gasteiger charge is -2.36. The molecule has 19 nitrogen and oxygen atoms in total. The number of benzene rings is 1. The van der Waals surface area contributed by atoms with Crippen LogP contribution in [0.3, 0.4) is 0 Å². The molecule has 5 heterocycles. The first-order valence-electron chi connectivity index (χ1n) is 19.5. The van der Waals surface area contributed by atoms with Gasteiger partial charge < -0.3 is 25.8 Å². The molecule has 4 N–H and O–H groups in total. The highest BCUT2D eigenvalue weighted by Gasteiger charge is 2.27. The van der Waals surface area contributed by atoms with Crippen LogP contribution in [0.4, 0.5) is 39.0 Å². The summed E-state index contributed by atoms with van der Waals surface area (Å²) < 4.78 is 1.68. The fraction of sp³-hybridized carbons (Fsp3) is 0.375. The summed E-state index contributed by atoms with van der Waals surface area (Å²) in [6, 6.07) is 8.47. The third-order valence-corrected chi connectivity index (χ3v) is 11.7. The van der Waals surface area contributed by atoms with E-state index in [-0.39, 0.29) is 68.3 Å². The van der Waals surface area contributed by atoms with E-state index in [0.29, 0.717) is 60.8 Å². The zero-order chi connectivity index (χ0) is 42.7. The molecule has 1 aromatic carbocycles. The minimum atomic E-state index is -0.600. The highest BCUT2D eigenvalue weighted by molar-refractivity contribution is 7.19. The van der Waals surface area contributed by atoms with Crippen LogP contribution in [0, 0.1) is 24.0 Å². The summed E-state index contributed by atoms with van der Waals surface area (Å²) in [5.41, 5.74) is 2.97. The molecule has 1 aliphatic carbocycles. The standard InChI is InChI=1S/C40H44N12O7S/c1-22-30-21-43-39(47-35(30)51(27-7-5-6-8-27)37(57)34(22)24(3)53)46-32-12-10-28(20-42-32)49-15-17-50(18-16-49)33(55)13-14-41-26-9-11-29(31(19-26)45-25(4)54)36(56)48-40-44-23(2)38(60-40)52(58)59/h9-12,19-21,27,41H,5-8,13-18H2,1-4H3,(H,45,54)(H,44,48,56)(H,42,43,46,47). The number of carbonyl (C=O) groups is 4. The second kappa shape index (κ2) is 17.6. The number of ketones is 1. The molecule has 3 amide bonds. The maximum atomic E-state index is 13.6.